The topological polar surface area (TPSA) is 64.6 Å². The fraction of sp³-hybridized carbons (Fsp3) is 0.263. The van der Waals surface area contributed by atoms with Crippen molar-refractivity contribution in [1.29, 1.82) is 0 Å². The van der Waals surface area contributed by atoms with Crippen LogP contribution in [0.2, 0.25) is 0 Å². The molecule has 0 aromatic heterocycles. The van der Waals surface area contributed by atoms with Gasteiger partial charge in [0.2, 0.25) is 0 Å². The molecule has 0 saturated carbocycles. The lowest BCUT2D eigenvalue weighted by Gasteiger charge is -2.36. The van der Waals surface area contributed by atoms with Crippen LogP contribution in [0.1, 0.15) is 30.1 Å². The fourth-order valence-electron chi connectivity index (χ4n) is 3.47. The number of hydrogen-bond acceptors (Lipinski definition) is 4. The number of methoxy groups -OCH3 is 1. The summed E-state index contributed by atoms with van der Waals surface area (Å²) in [5, 5.41) is 2.83. The van der Waals surface area contributed by atoms with Gasteiger partial charge in [-0.05, 0) is 23.8 Å². The first kappa shape index (κ1) is 14.9. The molecule has 1 fully saturated rings. The fourth-order valence-corrected chi connectivity index (χ4v) is 3.47. The normalized spacial score (nSPS) is 25.5. The van der Waals surface area contributed by atoms with Gasteiger partial charge in [0, 0.05) is 24.1 Å². The lowest BCUT2D eigenvalue weighted by molar-refractivity contribution is -0.170. The molecule has 1 amide bonds. The maximum atomic E-state index is 12.7. The third-order valence-electron chi connectivity index (χ3n) is 4.65. The van der Waals surface area contributed by atoms with Crippen molar-refractivity contribution in [1.82, 2.24) is 0 Å². The quantitative estimate of drug-likeness (QED) is 0.923. The van der Waals surface area contributed by atoms with Crippen LogP contribution in [0.3, 0.4) is 0 Å². The van der Waals surface area contributed by atoms with Crippen molar-refractivity contribution in [3.8, 4) is 5.75 Å². The van der Waals surface area contributed by atoms with Crippen LogP contribution in [0.5, 0.6) is 5.75 Å². The molecule has 4 rings (SSSR count). The third kappa shape index (κ3) is 2.20. The highest BCUT2D eigenvalue weighted by Gasteiger charge is 2.53. The van der Waals surface area contributed by atoms with Gasteiger partial charge in [-0.25, -0.2) is 0 Å². The number of hydrogen-bond donors (Lipinski definition) is 1. The minimum atomic E-state index is -1.28. The molecule has 1 saturated heterocycles. The van der Waals surface area contributed by atoms with Gasteiger partial charge in [-0.2, -0.15) is 0 Å². The summed E-state index contributed by atoms with van der Waals surface area (Å²) in [6.45, 7) is 0. The van der Waals surface area contributed by atoms with E-state index in [2.05, 4.69) is 5.32 Å². The Morgan fingerprint density at radius 1 is 1.17 bits per heavy atom. The van der Waals surface area contributed by atoms with E-state index in [0.717, 1.165) is 5.56 Å². The summed E-state index contributed by atoms with van der Waals surface area (Å²) in [5.74, 6) is 0.350. The van der Waals surface area contributed by atoms with E-state index in [1.54, 1.807) is 25.3 Å². The molecule has 2 aromatic carbocycles. The van der Waals surface area contributed by atoms with Crippen LogP contribution < -0.4 is 10.1 Å². The number of ketones is 1. The molecular weight excluding hydrogens is 306 g/mol. The van der Waals surface area contributed by atoms with Gasteiger partial charge < -0.3 is 14.8 Å². The molecule has 0 unspecified atom stereocenters. The van der Waals surface area contributed by atoms with E-state index < -0.39 is 11.7 Å². The van der Waals surface area contributed by atoms with Crippen molar-refractivity contribution < 1.29 is 19.1 Å². The second-order valence-electron chi connectivity index (χ2n) is 6.13. The van der Waals surface area contributed by atoms with E-state index in [1.807, 2.05) is 30.3 Å². The zero-order valence-electron chi connectivity index (χ0n) is 13.2. The number of carbonyl (C=O) groups excluding carboxylic acids is 2. The standard InChI is InChI=1S/C19H17NO4/c1-23-14-7-8-16-15(10-14)19(18(22)20-16)11-13(21)9-17(24-19)12-5-3-2-4-6-12/h2-8,10,17H,9,11H2,1H3,(H,20,22)/t17-,19+/m1/s1. The molecule has 0 aliphatic carbocycles. The SMILES string of the molecule is COc1ccc2c(c1)[C@@]1(CC(=O)C[C@H](c3ccccc3)O1)C(=O)N2. The van der Waals surface area contributed by atoms with E-state index >= 15 is 0 Å². The highest BCUT2D eigenvalue weighted by atomic mass is 16.5. The van der Waals surface area contributed by atoms with Crippen molar-refractivity contribution in [2.75, 3.05) is 12.4 Å². The highest BCUT2D eigenvalue weighted by molar-refractivity contribution is 6.08. The minimum absolute atomic E-state index is 0.0147. The predicted molar refractivity (Wildman–Crippen MR) is 87.8 cm³/mol. The Morgan fingerprint density at radius 2 is 1.96 bits per heavy atom. The summed E-state index contributed by atoms with van der Waals surface area (Å²) in [5.41, 5.74) is 0.955. The number of fused-ring (bicyclic) bond motifs is 2. The minimum Gasteiger partial charge on any atom is -0.497 e. The number of rotatable bonds is 2. The van der Waals surface area contributed by atoms with Gasteiger partial charge in [-0.3, -0.25) is 9.59 Å². The Kier molecular flexibility index (Phi) is 3.39. The van der Waals surface area contributed by atoms with Crippen molar-refractivity contribution >= 4 is 17.4 Å². The summed E-state index contributed by atoms with van der Waals surface area (Å²) in [4.78, 5) is 25.1. The van der Waals surface area contributed by atoms with Crippen LogP contribution in [-0.2, 0) is 19.9 Å². The zero-order chi connectivity index (χ0) is 16.7. The van der Waals surface area contributed by atoms with E-state index in [4.69, 9.17) is 9.47 Å². The Morgan fingerprint density at radius 3 is 2.71 bits per heavy atom. The molecule has 2 aliphatic rings. The Hall–Kier alpha value is -2.66. The molecule has 2 aromatic rings. The van der Waals surface area contributed by atoms with Crippen molar-refractivity contribution in [3.05, 3.63) is 59.7 Å². The second-order valence-corrected chi connectivity index (χ2v) is 6.13. The Bertz CT molecular complexity index is 817. The summed E-state index contributed by atoms with van der Waals surface area (Å²) in [7, 11) is 1.57. The summed E-state index contributed by atoms with van der Waals surface area (Å²) in [6, 6.07) is 14.9. The number of Topliss-reactive ketones (excluding diaryl/α,β-unsaturated/α-hetero) is 1. The molecule has 24 heavy (non-hydrogen) atoms. The molecule has 2 aliphatic heterocycles. The van der Waals surface area contributed by atoms with Crippen molar-refractivity contribution in [3.63, 3.8) is 0 Å². The molecule has 1 spiro atoms. The molecule has 122 valence electrons. The number of amides is 1. The summed E-state index contributed by atoms with van der Waals surface area (Å²) in [6.07, 6.45) is -0.115. The van der Waals surface area contributed by atoms with Crippen LogP contribution in [-0.4, -0.2) is 18.8 Å². The lowest BCUT2D eigenvalue weighted by atomic mass is 9.84. The van der Waals surface area contributed by atoms with Crippen LogP contribution in [0.4, 0.5) is 5.69 Å². The zero-order valence-corrected chi connectivity index (χ0v) is 13.2. The first-order valence-corrected chi connectivity index (χ1v) is 7.87. The molecule has 1 N–H and O–H groups in total. The maximum Gasteiger partial charge on any atom is 0.261 e. The average Bonchev–Trinajstić information content (AvgIpc) is 2.86. The maximum absolute atomic E-state index is 12.7. The largest absolute Gasteiger partial charge is 0.497 e. The molecular formula is C19H17NO4. The number of ether oxygens (including phenoxy) is 2. The van der Waals surface area contributed by atoms with Gasteiger partial charge in [-0.1, -0.05) is 30.3 Å². The van der Waals surface area contributed by atoms with Gasteiger partial charge in [-0.15, -0.1) is 0 Å². The third-order valence-corrected chi connectivity index (χ3v) is 4.65. The van der Waals surface area contributed by atoms with Gasteiger partial charge in [0.15, 0.2) is 5.60 Å². The molecule has 2 heterocycles. The smallest absolute Gasteiger partial charge is 0.261 e. The van der Waals surface area contributed by atoms with Gasteiger partial charge in [0.05, 0.1) is 13.2 Å². The Labute approximate surface area is 139 Å². The van der Waals surface area contributed by atoms with Gasteiger partial charge in [0.25, 0.3) is 5.91 Å². The first-order valence-electron chi connectivity index (χ1n) is 7.87. The van der Waals surface area contributed by atoms with Gasteiger partial charge >= 0.3 is 0 Å². The van der Waals surface area contributed by atoms with Gasteiger partial charge in [0.1, 0.15) is 11.5 Å². The molecule has 0 radical (unpaired) electrons. The first-order chi connectivity index (χ1) is 11.6. The number of carbonyl (C=O) groups is 2. The lowest BCUT2D eigenvalue weighted by Crippen LogP contribution is -2.44. The molecule has 0 bridgehead atoms. The van der Waals surface area contributed by atoms with E-state index in [1.165, 1.54) is 0 Å². The van der Waals surface area contributed by atoms with Crippen LogP contribution in [0.25, 0.3) is 0 Å². The number of nitrogens with one attached hydrogen (secondary N) is 1. The second kappa shape index (κ2) is 5.46. The average molecular weight is 323 g/mol. The van der Waals surface area contributed by atoms with E-state index in [9.17, 15) is 9.59 Å². The molecule has 5 nitrogen and oxygen atoms in total. The van der Waals surface area contributed by atoms with E-state index in [0.29, 0.717) is 17.0 Å². The highest BCUT2D eigenvalue weighted by Crippen LogP contribution is 2.49. The predicted octanol–water partition coefficient (Wildman–Crippen LogP) is 2.96. The van der Waals surface area contributed by atoms with Crippen LogP contribution in [0, 0.1) is 0 Å². The number of anilines is 1. The van der Waals surface area contributed by atoms with Crippen molar-refractivity contribution in [2.45, 2.75) is 24.5 Å². The molecule has 5 heteroatoms. The number of benzene rings is 2. The van der Waals surface area contributed by atoms with Crippen LogP contribution in [0.15, 0.2) is 48.5 Å². The summed E-state index contributed by atoms with van der Waals surface area (Å²) >= 11 is 0. The molecule has 2 atom stereocenters. The van der Waals surface area contributed by atoms with Crippen molar-refractivity contribution in [2.24, 2.45) is 0 Å². The Balaban J connectivity index is 1.79. The van der Waals surface area contributed by atoms with E-state index in [-0.39, 0.29) is 24.5 Å². The monoisotopic (exact) mass is 323 g/mol. The summed E-state index contributed by atoms with van der Waals surface area (Å²) < 4.78 is 11.5. The van der Waals surface area contributed by atoms with Crippen LogP contribution >= 0.6 is 0 Å².